The minimum absolute atomic E-state index is 0.0251. The molecule has 1 saturated carbocycles. The summed E-state index contributed by atoms with van der Waals surface area (Å²) in [6.45, 7) is 2.16. The van der Waals surface area contributed by atoms with Crippen LogP contribution in [0.15, 0.2) is 24.3 Å². The van der Waals surface area contributed by atoms with Crippen molar-refractivity contribution in [2.45, 2.75) is 51.1 Å². The lowest BCUT2D eigenvalue weighted by Crippen LogP contribution is -2.34. The average molecular weight is 246 g/mol. The van der Waals surface area contributed by atoms with E-state index in [1.807, 2.05) is 24.3 Å². The number of hydrogen-bond donors (Lipinski definition) is 2. The Hall–Kier alpha value is -1.35. The number of amides is 1. The van der Waals surface area contributed by atoms with Crippen LogP contribution in [0.4, 0.5) is 0 Å². The van der Waals surface area contributed by atoms with Crippen LogP contribution in [-0.2, 0) is 6.42 Å². The molecule has 1 aliphatic rings. The largest absolute Gasteiger partial charge is 0.349 e. The maximum Gasteiger partial charge on any atom is 0.251 e. The maximum absolute atomic E-state index is 12.0. The Morgan fingerprint density at radius 1 is 1.33 bits per heavy atom. The van der Waals surface area contributed by atoms with Gasteiger partial charge in [0.2, 0.25) is 0 Å². The van der Waals surface area contributed by atoms with Crippen LogP contribution in [0.2, 0.25) is 0 Å². The summed E-state index contributed by atoms with van der Waals surface area (Å²) in [6.07, 6.45) is 5.12. The summed E-state index contributed by atoms with van der Waals surface area (Å²) in [6, 6.07) is 8.41. The van der Waals surface area contributed by atoms with E-state index in [1.54, 1.807) is 0 Å². The van der Waals surface area contributed by atoms with Gasteiger partial charge in [0.25, 0.3) is 5.91 Å². The average Bonchev–Trinajstić information content (AvgIpc) is 2.76. The molecular formula is C15H22N2O. The summed E-state index contributed by atoms with van der Waals surface area (Å²) in [5.41, 5.74) is 7.88. The molecule has 3 heteroatoms. The zero-order chi connectivity index (χ0) is 13.0. The molecule has 1 aromatic rings. The van der Waals surface area contributed by atoms with Gasteiger partial charge in [-0.15, -0.1) is 0 Å². The van der Waals surface area contributed by atoms with Gasteiger partial charge in [0.05, 0.1) is 0 Å². The standard InChI is InChI=1S/C15H22N2O/c1-2-3-11-4-6-12(7-5-11)15(18)17-14-9-8-13(16)10-14/h4-7,13-14H,2-3,8-10,16H2,1H3,(H,17,18). The van der Waals surface area contributed by atoms with Gasteiger partial charge in [0.15, 0.2) is 0 Å². The molecule has 1 amide bonds. The number of benzene rings is 1. The van der Waals surface area contributed by atoms with Crippen molar-refractivity contribution in [2.24, 2.45) is 5.73 Å². The molecule has 0 spiro atoms. The lowest BCUT2D eigenvalue weighted by Gasteiger charge is -2.12. The monoisotopic (exact) mass is 246 g/mol. The van der Waals surface area contributed by atoms with Crippen molar-refractivity contribution >= 4 is 5.91 Å². The lowest BCUT2D eigenvalue weighted by atomic mass is 10.1. The van der Waals surface area contributed by atoms with Crippen molar-refractivity contribution < 1.29 is 4.79 Å². The van der Waals surface area contributed by atoms with Crippen LogP contribution in [0, 0.1) is 0 Å². The first-order valence-corrected chi connectivity index (χ1v) is 6.84. The van der Waals surface area contributed by atoms with E-state index in [0.717, 1.165) is 37.7 Å². The minimum atomic E-state index is 0.0251. The summed E-state index contributed by atoms with van der Waals surface area (Å²) in [5.74, 6) is 0.0251. The highest BCUT2D eigenvalue weighted by Gasteiger charge is 2.23. The lowest BCUT2D eigenvalue weighted by molar-refractivity contribution is 0.0937. The maximum atomic E-state index is 12.0. The molecule has 3 N–H and O–H groups in total. The van der Waals surface area contributed by atoms with Crippen molar-refractivity contribution in [2.75, 3.05) is 0 Å². The fourth-order valence-electron chi connectivity index (χ4n) is 2.53. The Balaban J connectivity index is 1.92. The first-order valence-electron chi connectivity index (χ1n) is 6.84. The summed E-state index contributed by atoms with van der Waals surface area (Å²) in [7, 11) is 0. The number of carbonyl (C=O) groups is 1. The summed E-state index contributed by atoms with van der Waals surface area (Å²) < 4.78 is 0. The predicted molar refractivity (Wildman–Crippen MR) is 73.5 cm³/mol. The van der Waals surface area contributed by atoms with Crippen molar-refractivity contribution in [1.82, 2.24) is 5.32 Å². The Morgan fingerprint density at radius 2 is 2.06 bits per heavy atom. The second-order valence-electron chi connectivity index (χ2n) is 5.19. The van der Waals surface area contributed by atoms with E-state index in [2.05, 4.69) is 12.2 Å². The van der Waals surface area contributed by atoms with E-state index in [1.165, 1.54) is 5.56 Å². The Kier molecular flexibility index (Phi) is 4.37. The molecule has 0 bridgehead atoms. The quantitative estimate of drug-likeness (QED) is 0.856. The minimum Gasteiger partial charge on any atom is -0.349 e. The molecule has 0 aromatic heterocycles. The molecule has 3 nitrogen and oxygen atoms in total. The van der Waals surface area contributed by atoms with E-state index in [4.69, 9.17) is 5.73 Å². The molecule has 0 heterocycles. The van der Waals surface area contributed by atoms with Crippen LogP contribution >= 0.6 is 0 Å². The van der Waals surface area contributed by atoms with E-state index >= 15 is 0 Å². The molecule has 2 rings (SSSR count). The van der Waals surface area contributed by atoms with E-state index in [-0.39, 0.29) is 18.0 Å². The van der Waals surface area contributed by atoms with Crippen molar-refractivity contribution in [3.8, 4) is 0 Å². The zero-order valence-corrected chi connectivity index (χ0v) is 11.0. The Morgan fingerprint density at radius 3 is 2.61 bits per heavy atom. The fraction of sp³-hybridized carbons (Fsp3) is 0.533. The van der Waals surface area contributed by atoms with Gasteiger partial charge in [-0.1, -0.05) is 25.5 Å². The third-order valence-corrected chi connectivity index (χ3v) is 3.56. The summed E-state index contributed by atoms with van der Waals surface area (Å²) in [4.78, 5) is 12.0. The van der Waals surface area contributed by atoms with Crippen molar-refractivity contribution in [1.29, 1.82) is 0 Å². The van der Waals surface area contributed by atoms with E-state index < -0.39 is 0 Å². The molecule has 1 aliphatic carbocycles. The van der Waals surface area contributed by atoms with Crippen LogP contribution in [0.25, 0.3) is 0 Å². The van der Waals surface area contributed by atoms with Gasteiger partial charge in [-0.2, -0.15) is 0 Å². The fourth-order valence-corrected chi connectivity index (χ4v) is 2.53. The highest BCUT2D eigenvalue weighted by Crippen LogP contribution is 2.17. The Bertz CT molecular complexity index is 399. The first-order chi connectivity index (χ1) is 8.69. The summed E-state index contributed by atoms with van der Waals surface area (Å²) in [5, 5.41) is 3.06. The van der Waals surface area contributed by atoms with Gasteiger partial charge in [0.1, 0.15) is 0 Å². The molecule has 2 atom stereocenters. The van der Waals surface area contributed by atoms with Crippen LogP contribution in [0.5, 0.6) is 0 Å². The molecule has 2 unspecified atom stereocenters. The number of hydrogen-bond acceptors (Lipinski definition) is 2. The number of aryl methyl sites for hydroxylation is 1. The second kappa shape index (κ2) is 6.01. The predicted octanol–water partition coefficient (Wildman–Crippen LogP) is 2.25. The zero-order valence-electron chi connectivity index (χ0n) is 11.0. The molecule has 0 saturated heterocycles. The third-order valence-electron chi connectivity index (χ3n) is 3.56. The SMILES string of the molecule is CCCc1ccc(C(=O)NC2CCC(N)C2)cc1. The smallest absolute Gasteiger partial charge is 0.251 e. The molecule has 18 heavy (non-hydrogen) atoms. The van der Waals surface area contributed by atoms with Crippen LogP contribution < -0.4 is 11.1 Å². The van der Waals surface area contributed by atoms with E-state index in [0.29, 0.717) is 0 Å². The highest BCUT2D eigenvalue weighted by atomic mass is 16.1. The molecule has 1 fully saturated rings. The molecule has 98 valence electrons. The van der Waals surface area contributed by atoms with Crippen LogP contribution in [-0.4, -0.2) is 18.0 Å². The van der Waals surface area contributed by atoms with E-state index in [9.17, 15) is 4.79 Å². The van der Waals surface area contributed by atoms with Gasteiger partial charge in [-0.25, -0.2) is 0 Å². The number of rotatable bonds is 4. The topological polar surface area (TPSA) is 55.1 Å². The number of carbonyl (C=O) groups excluding carboxylic acids is 1. The van der Waals surface area contributed by atoms with Gasteiger partial charge in [-0.3, -0.25) is 4.79 Å². The van der Waals surface area contributed by atoms with Crippen molar-refractivity contribution in [3.05, 3.63) is 35.4 Å². The first kappa shape index (κ1) is 13.1. The van der Waals surface area contributed by atoms with Crippen LogP contribution in [0.3, 0.4) is 0 Å². The normalized spacial score (nSPS) is 23.0. The summed E-state index contributed by atoms with van der Waals surface area (Å²) >= 11 is 0. The van der Waals surface area contributed by atoms with Crippen LogP contribution in [0.1, 0.15) is 48.5 Å². The third kappa shape index (κ3) is 3.33. The Labute approximate surface area is 109 Å². The number of nitrogens with one attached hydrogen (secondary N) is 1. The molecule has 0 radical (unpaired) electrons. The van der Waals surface area contributed by atoms with Gasteiger partial charge in [-0.05, 0) is 43.4 Å². The van der Waals surface area contributed by atoms with Crippen molar-refractivity contribution in [3.63, 3.8) is 0 Å². The second-order valence-corrected chi connectivity index (χ2v) is 5.19. The molecule has 0 aliphatic heterocycles. The number of nitrogens with two attached hydrogens (primary N) is 1. The van der Waals surface area contributed by atoms with Gasteiger partial charge in [0, 0.05) is 17.6 Å². The van der Waals surface area contributed by atoms with Gasteiger partial charge < -0.3 is 11.1 Å². The highest BCUT2D eigenvalue weighted by molar-refractivity contribution is 5.94. The van der Waals surface area contributed by atoms with Gasteiger partial charge >= 0.3 is 0 Å². The molecule has 1 aromatic carbocycles. The molecular weight excluding hydrogens is 224 g/mol.